The Bertz CT molecular complexity index is 421. The molecule has 1 aliphatic carbocycles. The summed E-state index contributed by atoms with van der Waals surface area (Å²) in [5.74, 6) is 1.72. The molecule has 2 N–H and O–H groups in total. The van der Waals surface area contributed by atoms with Crippen molar-refractivity contribution in [3.05, 3.63) is 29.8 Å². The highest BCUT2D eigenvalue weighted by Crippen LogP contribution is 2.28. The Kier molecular flexibility index (Phi) is 6.49. The summed E-state index contributed by atoms with van der Waals surface area (Å²) in [6.45, 7) is 6.08. The Hall–Kier alpha value is -1.10. The molecule has 0 radical (unpaired) electrons. The quantitative estimate of drug-likeness (QED) is 0.673. The number of ether oxygens (including phenoxy) is 2. The highest BCUT2D eigenvalue weighted by molar-refractivity contribution is 5.35. The third kappa shape index (κ3) is 5.65. The van der Waals surface area contributed by atoms with Crippen molar-refractivity contribution in [1.29, 1.82) is 0 Å². The van der Waals surface area contributed by atoms with Gasteiger partial charge in [-0.25, -0.2) is 0 Å². The van der Waals surface area contributed by atoms with Crippen molar-refractivity contribution in [2.24, 2.45) is 11.7 Å². The zero-order valence-corrected chi connectivity index (χ0v) is 13.3. The Labute approximate surface area is 128 Å². The Balaban J connectivity index is 1.75. The van der Waals surface area contributed by atoms with Crippen molar-refractivity contribution in [2.75, 3.05) is 40.0 Å². The summed E-state index contributed by atoms with van der Waals surface area (Å²) in [5.41, 5.74) is 7.40. The summed E-state index contributed by atoms with van der Waals surface area (Å²) in [4.78, 5) is 2.22. The van der Waals surface area contributed by atoms with Gasteiger partial charge in [0.25, 0.3) is 0 Å². The number of likely N-dealkylation sites (N-methyl/N-ethyl adjacent to an activating group) is 1. The van der Waals surface area contributed by atoms with Crippen LogP contribution in [0.4, 0.5) is 0 Å². The maximum absolute atomic E-state index is 6.33. The molecule has 1 saturated carbocycles. The normalized spacial score (nSPS) is 16.2. The smallest absolute Gasteiger partial charge is 0.124 e. The summed E-state index contributed by atoms with van der Waals surface area (Å²) >= 11 is 0. The Morgan fingerprint density at radius 1 is 1.33 bits per heavy atom. The molecule has 0 heterocycles. The largest absolute Gasteiger partial charge is 0.494 e. The van der Waals surface area contributed by atoms with E-state index < -0.39 is 0 Å². The van der Waals surface area contributed by atoms with Crippen LogP contribution in [0.25, 0.3) is 0 Å². The van der Waals surface area contributed by atoms with E-state index >= 15 is 0 Å². The highest BCUT2D eigenvalue weighted by atomic mass is 16.5. The second-order valence-corrected chi connectivity index (χ2v) is 5.86. The monoisotopic (exact) mass is 292 g/mol. The minimum Gasteiger partial charge on any atom is -0.494 e. The molecular weight excluding hydrogens is 264 g/mol. The predicted molar refractivity (Wildman–Crippen MR) is 85.6 cm³/mol. The molecule has 1 aliphatic rings. The number of hydrogen-bond donors (Lipinski definition) is 1. The molecule has 4 nitrogen and oxygen atoms in total. The lowest BCUT2D eigenvalue weighted by Crippen LogP contribution is -2.32. The van der Waals surface area contributed by atoms with Crippen LogP contribution in [0.1, 0.15) is 31.4 Å². The van der Waals surface area contributed by atoms with E-state index in [2.05, 4.69) is 11.9 Å². The van der Waals surface area contributed by atoms with Crippen LogP contribution in [0.3, 0.4) is 0 Å². The lowest BCUT2D eigenvalue weighted by atomic mass is 10.1. The van der Waals surface area contributed by atoms with Gasteiger partial charge in [-0.1, -0.05) is 18.2 Å². The summed E-state index contributed by atoms with van der Waals surface area (Å²) in [5, 5.41) is 0. The van der Waals surface area contributed by atoms with Crippen LogP contribution in [0.15, 0.2) is 24.3 Å². The lowest BCUT2D eigenvalue weighted by Gasteiger charge is -2.23. The van der Waals surface area contributed by atoms with Crippen LogP contribution in [0, 0.1) is 5.92 Å². The molecule has 0 aromatic heterocycles. The standard InChI is InChI=1S/C17H28N2O2/c1-3-21-17-7-5-4-6-15(17)16(18)12-19(2)10-11-20-13-14-8-9-14/h4-7,14,16H,3,8-13,18H2,1-2H3. The summed E-state index contributed by atoms with van der Waals surface area (Å²) in [6.07, 6.45) is 2.68. The van der Waals surface area contributed by atoms with Crippen molar-refractivity contribution >= 4 is 0 Å². The zero-order chi connectivity index (χ0) is 15.1. The molecule has 1 fully saturated rings. The zero-order valence-electron chi connectivity index (χ0n) is 13.3. The van der Waals surface area contributed by atoms with Crippen LogP contribution in [-0.4, -0.2) is 44.9 Å². The van der Waals surface area contributed by atoms with Crippen LogP contribution in [0.2, 0.25) is 0 Å². The first-order chi connectivity index (χ1) is 10.2. The van der Waals surface area contributed by atoms with Crippen molar-refractivity contribution in [2.45, 2.75) is 25.8 Å². The maximum Gasteiger partial charge on any atom is 0.124 e. The molecule has 1 atom stereocenters. The van der Waals surface area contributed by atoms with Gasteiger partial charge in [-0.05, 0) is 38.8 Å². The Morgan fingerprint density at radius 2 is 2.10 bits per heavy atom. The average molecular weight is 292 g/mol. The summed E-state index contributed by atoms with van der Waals surface area (Å²) < 4.78 is 11.3. The van der Waals surface area contributed by atoms with E-state index in [0.717, 1.165) is 43.5 Å². The molecule has 1 unspecified atom stereocenters. The molecule has 0 bridgehead atoms. The molecule has 4 heteroatoms. The van der Waals surface area contributed by atoms with E-state index in [1.54, 1.807) is 0 Å². The van der Waals surface area contributed by atoms with Crippen molar-refractivity contribution < 1.29 is 9.47 Å². The van der Waals surface area contributed by atoms with E-state index in [-0.39, 0.29) is 6.04 Å². The molecule has 1 aromatic rings. The maximum atomic E-state index is 6.33. The fraction of sp³-hybridized carbons (Fsp3) is 0.647. The first-order valence-electron chi connectivity index (χ1n) is 7.94. The molecular formula is C17H28N2O2. The SMILES string of the molecule is CCOc1ccccc1C(N)CN(C)CCOCC1CC1. The topological polar surface area (TPSA) is 47.7 Å². The minimum atomic E-state index is -0.0406. The number of benzene rings is 1. The number of para-hydroxylation sites is 1. The van der Waals surface area contributed by atoms with Gasteiger partial charge in [0.15, 0.2) is 0 Å². The van der Waals surface area contributed by atoms with Crippen molar-refractivity contribution in [1.82, 2.24) is 4.90 Å². The van der Waals surface area contributed by atoms with Gasteiger partial charge in [0.05, 0.1) is 13.2 Å². The predicted octanol–water partition coefficient (Wildman–Crippen LogP) is 2.44. The van der Waals surface area contributed by atoms with Gasteiger partial charge in [-0.15, -0.1) is 0 Å². The molecule has 0 aliphatic heterocycles. The molecule has 0 saturated heterocycles. The fourth-order valence-electron chi connectivity index (χ4n) is 2.35. The molecule has 1 aromatic carbocycles. The van der Waals surface area contributed by atoms with Crippen molar-refractivity contribution in [3.63, 3.8) is 0 Å². The van der Waals surface area contributed by atoms with E-state index in [1.807, 2.05) is 31.2 Å². The Morgan fingerprint density at radius 3 is 2.81 bits per heavy atom. The lowest BCUT2D eigenvalue weighted by molar-refractivity contribution is 0.102. The molecule has 2 rings (SSSR count). The average Bonchev–Trinajstić information content (AvgIpc) is 3.28. The van der Waals surface area contributed by atoms with Gasteiger partial charge in [0.2, 0.25) is 0 Å². The van der Waals surface area contributed by atoms with Crippen LogP contribution < -0.4 is 10.5 Å². The van der Waals surface area contributed by atoms with Gasteiger partial charge in [0.1, 0.15) is 5.75 Å². The first kappa shape index (κ1) is 16.3. The van der Waals surface area contributed by atoms with E-state index in [9.17, 15) is 0 Å². The summed E-state index contributed by atoms with van der Waals surface area (Å²) in [7, 11) is 2.09. The molecule has 21 heavy (non-hydrogen) atoms. The second-order valence-electron chi connectivity index (χ2n) is 5.86. The first-order valence-corrected chi connectivity index (χ1v) is 7.94. The van der Waals surface area contributed by atoms with Gasteiger partial charge in [-0.3, -0.25) is 0 Å². The van der Waals surface area contributed by atoms with Gasteiger partial charge < -0.3 is 20.1 Å². The number of nitrogens with two attached hydrogens (primary N) is 1. The van der Waals surface area contributed by atoms with Crippen LogP contribution in [-0.2, 0) is 4.74 Å². The van der Waals surface area contributed by atoms with Gasteiger partial charge in [-0.2, -0.15) is 0 Å². The van der Waals surface area contributed by atoms with E-state index in [0.29, 0.717) is 6.61 Å². The number of hydrogen-bond acceptors (Lipinski definition) is 4. The van der Waals surface area contributed by atoms with E-state index in [1.165, 1.54) is 12.8 Å². The highest BCUT2D eigenvalue weighted by Gasteiger charge is 2.21. The second kappa shape index (κ2) is 8.37. The van der Waals surface area contributed by atoms with E-state index in [4.69, 9.17) is 15.2 Å². The third-order valence-electron chi connectivity index (χ3n) is 3.79. The molecule has 0 spiro atoms. The van der Waals surface area contributed by atoms with Crippen LogP contribution >= 0.6 is 0 Å². The summed E-state index contributed by atoms with van der Waals surface area (Å²) in [6, 6.07) is 7.98. The van der Waals surface area contributed by atoms with Crippen molar-refractivity contribution in [3.8, 4) is 5.75 Å². The number of nitrogens with zero attached hydrogens (tertiary/aromatic N) is 1. The molecule has 118 valence electrons. The minimum absolute atomic E-state index is 0.0406. The van der Waals surface area contributed by atoms with Gasteiger partial charge >= 0.3 is 0 Å². The fourth-order valence-corrected chi connectivity index (χ4v) is 2.35. The third-order valence-corrected chi connectivity index (χ3v) is 3.79. The number of rotatable bonds is 10. The van der Waals surface area contributed by atoms with Crippen LogP contribution in [0.5, 0.6) is 5.75 Å². The molecule has 0 amide bonds. The van der Waals surface area contributed by atoms with Gasteiger partial charge in [0, 0.05) is 31.3 Å².